The Morgan fingerprint density at radius 1 is 1.12 bits per heavy atom. The fraction of sp³-hybridized carbons (Fsp3) is 0.158. The Morgan fingerprint density at radius 3 is 2.71 bits per heavy atom. The smallest absolute Gasteiger partial charge is 0.241 e. The predicted octanol–water partition coefficient (Wildman–Crippen LogP) is 3.66. The number of carbonyl (C=O) groups is 2. The van der Waals surface area contributed by atoms with Crippen molar-refractivity contribution in [2.75, 3.05) is 4.90 Å². The van der Waals surface area contributed by atoms with Crippen LogP contribution in [0.25, 0.3) is 10.9 Å². The number of nitrogens with one attached hydrogen (secondary N) is 1. The van der Waals surface area contributed by atoms with E-state index in [0.717, 1.165) is 27.1 Å². The van der Waals surface area contributed by atoms with E-state index in [9.17, 15) is 14.0 Å². The summed E-state index contributed by atoms with van der Waals surface area (Å²) in [6.45, 7) is 1.90. The fourth-order valence-electron chi connectivity index (χ4n) is 3.49. The molecule has 4 nitrogen and oxygen atoms in total. The predicted molar refractivity (Wildman–Crippen MR) is 89.3 cm³/mol. The number of halogens is 1. The lowest BCUT2D eigenvalue weighted by atomic mass is 9.94. The van der Waals surface area contributed by atoms with E-state index in [1.807, 2.05) is 31.2 Å². The van der Waals surface area contributed by atoms with Gasteiger partial charge >= 0.3 is 0 Å². The quantitative estimate of drug-likeness (QED) is 0.732. The van der Waals surface area contributed by atoms with Gasteiger partial charge in [-0.25, -0.2) is 9.29 Å². The Labute approximate surface area is 137 Å². The summed E-state index contributed by atoms with van der Waals surface area (Å²) in [6, 6.07) is 13.3. The Bertz CT molecular complexity index is 976. The number of rotatable bonds is 2. The van der Waals surface area contributed by atoms with Gasteiger partial charge in [-0.3, -0.25) is 9.59 Å². The van der Waals surface area contributed by atoms with Gasteiger partial charge < -0.3 is 4.98 Å². The van der Waals surface area contributed by atoms with Crippen LogP contribution in [0.2, 0.25) is 0 Å². The Hall–Kier alpha value is -2.95. The van der Waals surface area contributed by atoms with Crippen molar-refractivity contribution < 1.29 is 14.0 Å². The number of carbonyl (C=O) groups excluding carboxylic acids is 2. The summed E-state index contributed by atoms with van der Waals surface area (Å²) in [4.78, 5) is 29.7. The van der Waals surface area contributed by atoms with Crippen LogP contribution in [-0.4, -0.2) is 16.8 Å². The molecule has 1 N–H and O–H groups in total. The molecule has 0 bridgehead atoms. The van der Waals surface area contributed by atoms with E-state index >= 15 is 0 Å². The number of imide groups is 1. The second kappa shape index (κ2) is 5.30. The summed E-state index contributed by atoms with van der Waals surface area (Å²) in [6.07, 6.45) is 0.0953. The van der Waals surface area contributed by atoms with Gasteiger partial charge in [-0.05, 0) is 36.8 Å². The lowest BCUT2D eigenvalue weighted by molar-refractivity contribution is -0.121. The molecule has 1 unspecified atom stereocenters. The number of benzene rings is 2. The van der Waals surface area contributed by atoms with Crippen LogP contribution < -0.4 is 4.90 Å². The van der Waals surface area contributed by atoms with Gasteiger partial charge in [0.2, 0.25) is 11.8 Å². The number of aromatic amines is 1. The fourth-order valence-corrected chi connectivity index (χ4v) is 3.49. The van der Waals surface area contributed by atoms with Gasteiger partial charge in [-0.1, -0.05) is 24.3 Å². The zero-order valence-electron chi connectivity index (χ0n) is 13.0. The minimum absolute atomic E-state index is 0.0953. The third-order valence-electron chi connectivity index (χ3n) is 4.50. The molecule has 4 rings (SSSR count). The van der Waals surface area contributed by atoms with Crippen molar-refractivity contribution in [3.8, 4) is 0 Å². The first-order valence-corrected chi connectivity index (χ1v) is 7.76. The third-order valence-corrected chi connectivity index (χ3v) is 4.50. The largest absolute Gasteiger partial charge is 0.358 e. The number of amides is 2. The third kappa shape index (κ3) is 2.12. The van der Waals surface area contributed by atoms with Gasteiger partial charge in [0.1, 0.15) is 5.82 Å². The first kappa shape index (κ1) is 14.6. The Morgan fingerprint density at radius 2 is 1.92 bits per heavy atom. The molecule has 5 heteroatoms. The van der Waals surface area contributed by atoms with Gasteiger partial charge in [0, 0.05) is 23.0 Å². The second-order valence-corrected chi connectivity index (χ2v) is 6.01. The molecule has 120 valence electrons. The topological polar surface area (TPSA) is 53.2 Å². The van der Waals surface area contributed by atoms with E-state index in [2.05, 4.69) is 4.98 Å². The molecule has 2 amide bonds. The van der Waals surface area contributed by atoms with Gasteiger partial charge in [0.05, 0.1) is 11.6 Å². The van der Waals surface area contributed by atoms with Crippen molar-refractivity contribution in [2.24, 2.45) is 0 Å². The molecule has 1 saturated heterocycles. The van der Waals surface area contributed by atoms with Gasteiger partial charge in [-0.2, -0.15) is 0 Å². The van der Waals surface area contributed by atoms with E-state index in [1.54, 1.807) is 6.07 Å². The van der Waals surface area contributed by atoms with E-state index < -0.39 is 11.7 Å². The monoisotopic (exact) mass is 322 g/mol. The Balaban J connectivity index is 1.79. The molecule has 0 saturated carbocycles. The normalized spacial score (nSPS) is 17.9. The first-order valence-electron chi connectivity index (χ1n) is 7.76. The van der Waals surface area contributed by atoms with E-state index in [-0.39, 0.29) is 23.9 Å². The maximum absolute atomic E-state index is 13.5. The first-order chi connectivity index (χ1) is 11.6. The number of hydrogen-bond acceptors (Lipinski definition) is 2. The summed E-state index contributed by atoms with van der Waals surface area (Å²) >= 11 is 0. The van der Waals surface area contributed by atoms with Crippen molar-refractivity contribution in [2.45, 2.75) is 19.3 Å². The lowest BCUT2D eigenvalue weighted by Gasteiger charge is -2.15. The van der Waals surface area contributed by atoms with Crippen LogP contribution in [0.4, 0.5) is 10.1 Å². The lowest BCUT2D eigenvalue weighted by Crippen LogP contribution is -2.30. The van der Waals surface area contributed by atoms with Crippen LogP contribution in [-0.2, 0) is 9.59 Å². The van der Waals surface area contributed by atoms with Gasteiger partial charge in [0.25, 0.3) is 0 Å². The number of hydrogen-bond donors (Lipinski definition) is 1. The van der Waals surface area contributed by atoms with Crippen LogP contribution in [0, 0.1) is 12.7 Å². The molecule has 1 atom stereocenters. The highest BCUT2D eigenvalue weighted by Crippen LogP contribution is 2.38. The summed E-state index contributed by atoms with van der Waals surface area (Å²) in [7, 11) is 0. The number of fused-ring (bicyclic) bond motifs is 1. The van der Waals surface area contributed by atoms with E-state index in [0.29, 0.717) is 0 Å². The molecule has 3 aromatic rings. The average Bonchev–Trinajstić information content (AvgIpc) is 3.02. The molecular formula is C19H15FN2O2. The maximum Gasteiger partial charge on any atom is 0.241 e. The Kier molecular flexibility index (Phi) is 3.23. The average molecular weight is 322 g/mol. The molecule has 0 radical (unpaired) electrons. The molecule has 0 aliphatic carbocycles. The van der Waals surface area contributed by atoms with Crippen LogP contribution in [0.15, 0.2) is 48.5 Å². The van der Waals surface area contributed by atoms with Crippen LogP contribution >= 0.6 is 0 Å². The summed E-state index contributed by atoms with van der Waals surface area (Å²) < 4.78 is 13.5. The van der Waals surface area contributed by atoms with Crippen molar-refractivity contribution >= 4 is 28.4 Å². The van der Waals surface area contributed by atoms with Crippen LogP contribution in [0.5, 0.6) is 0 Å². The van der Waals surface area contributed by atoms with Crippen molar-refractivity contribution in [1.29, 1.82) is 0 Å². The van der Waals surface area contributed by atoms with Crippen molar-refractivity contribution in [1.82, 2.24) is 4.98 Å². The number of aryl methyl sites for hydroxylation is 1. The summed E-state index contributed by atoms with van der Waals surface area (Å²) in [5.74, 6) is -1.63. The van der Waals surface area contributed by atoms with E-state index in [4.69, 9.17) is 0 Å². The molecule has 1 aliphatic rings. The second-order valence-electron chi connectivity index (χ2n) is 6.01. The zero-order chi connectivity index (χ0) is 16.8. The van der Waals surface area contributed by atoms with Crippen LogP contribution in [0.3, 0.4) is 0 Å². The molecule has 1 aliphatic heterocycles. The van der Waals surface area contributed by atoms with Gasteiger partial charge in [-0.15, -0.1) is 0 Å². The number of H-pyrrole nitrogens is 1. The molecule has 2 heterocycles. The molecule has 0 spiro atoms. The maximum atomic E-state index is 13.5. The number of anilines is 1. The van der Waals surface area contributed by atoms with Crippen molar-refractivity contribution in [3.05, 3.63) is 65.6 Å². The molecule has 24 heavy (non-hydrogen) atoms. The highest BCUT2D eigenvalue weighted by Gasteiger charge is 2.42. The number of para-hydroxylation sites is 1. The van der Waals surface area contributed by atoms with Gasteiger partial charge in [0.15, 0.2) is 0 Å². The highest BCUT2D eigenvalue weighted by molar-refractivity contribution is 6.23. The zero-order valence-corrected chi connectivity index (χ0v) is 13.0. The number of aromatic nitrogens is 1. The molecule has 1 fully saturated rings. The molecular weight excluding hydrogens is 307 g/mol. The molecule has 1 aromatic heterocycles. The standard InChI is InChI=1S/C19H15FN2O2/c1-11-18(14-7-2-3-8-16(14)21-11)15-10-17(23)22(19(15)24)13-6-4-5-12(20)9-13/h2-9,15,21H,10H2,1H3. The highest BCUT2D eigenvalue weighted by atomic mass is 19.1. The van der Waals surface area contributed by atoms with Crippen molar-refractivity contribution in [3.63, 3.8) is 0 Å². The summed E-state index contributed by atoms with van der Waals surface area (Å²) in [5.41, 5.74) is 2.95. The van der Waals surface area contributed by atoms with Crippen LogP contribution in [0.1, 0.15) is 23.6 Å². The minimum atomic E-state index is -0.545. The SMILES string of the molecule is Cc1[nH]c2ccccc2c1C1CC(=O)N(c2cccc(F)c2)C1=O. The minimum Gasteiger partial charge on any atom is -0.358 e. The molecule has 2 aromatic carbocycles. The number of nitrogens with zero attached hydrogens (tertiary/aromatic N) is 1. The van der Waals surface area contributed by atoms with E-state index in [1.165, 1.54) is 18.2 Å². The summed E-state index contributed by atoms with van der Waals surface area (Å²) in [5, 5.41) is 0.947.